The molecule has 2 heterocycles. The summed E-state index contributed by atoms with van der Waals surface area (Å²) in [5, 5.41) is 14.7. The number of hydrogen-bond donors (Lipinski definition) is 2. The van der Waals surface area contributed by atoms with Crippen LogP contribution in [0.3, 0.4) is 0 Å². The first-order chi connectivity index (χ1) is 12.1. The van der Waals surface area contributed by atoms with E-state index in [1.54, 1.807) is 19.1 Å². The number of morpholine rings is 1. The number of halogens is 1. The number of rotatable bonds is 3. The van der Waals surface area contributed by atoms with Crippen LogP contribution in [-0.4, -0.2) is 36.7 Å². The van der Waals surface area contributed by atoms with E-state index in [9.17, 15) is 9.18 Å². The van der Waals surface area contributed by atoms with Crippen molar-refractivity contribution in [1.82, 2.24) is 15.6 Å². The van der Waals surface area contributed by atoms with Gasteiger partial charge in [0.05, 0.1) is 18.4 Å². The van der Waals surface area contributed by atoms with Gasteiger partial charge in [0.2, 0.25) is 0 Å². The molecule has 0 saturated carbocycles. The Balaban J connectivity index is 1.69. The van der Waals surface area contributed by atoms with Crippen molar-refractivity contribution >= 4 is 5.91 Å². The molecule has 6 nitrogen and oxygen atoms in total. The Morgan fingerprint density at radius 1 is 1.52 bits per heavy atom. The fraction of sp³-hybridized carbons (Fsp3) is 0.389. The molecule has 2 N–H and O–H groups in total. The smallest absolute Gasteiger partial charge is 0.255 e. The first-order valence-electron chi connectivity index (χ1n) is 8.16. The van der Waals surface area contributed by atoms with E-state index in [0.717, 1.165) is 6.54 Å². The first-order valence-corrected chi connectivity index (χ1v) is 8.16. The molecule has 0 aromatic carbocycles. The number of hydrogen-bond acceptors (Lipinski definition) is 5. The Bertz CT molecular complexity index is 776. The van der Waals surface area contributed by atoms with Crippen LogP contribution >= 0.6 is 0 Å². The molecule has 1 aromatic heterocycles. The lowest BCUT2D eigenvalue weighted by molar-refractivity contribution is 0.00167. The van der Waals surface area contributed by atoms with Gasteiger partial charge in [-0.3, -0.25) is 4.79 Å². The summed E-state index contributed by atoms with van der Waals surface area (Å²) >= 11 is 0. The van der Waals surface area contributed by atoms with Crippen molar-refractivity contribution in [1.29, 1.82) is 5.26 Å². The maximum absolute atomic E-state index is 14.4. The molecule has 0 spiro atoms. The maximum Gasteiger partial charge on any atom is 0.255 e. The Morgan fingerprint density at radius 2 is 2.36 bits per heavy atom. The summed E-state index contributed by atoms with van der Waals surface area (Å²) in [7, 11) is 0. The highest BCUT2D eigenvalue weighted by molar-refractivity contribution is 5.96. The summed E-state index contributed by atoms with van der Waals surface area (Å²) in [4.78, 5) is 16.3. The predicted octanol–water partition coefficient (Wildman–Crippen LogP) is 1.74. The van der Waals surface area contributed by atoms with Gasteiger partial charge in [-0.2, -0.15) is 5.26 Å². The van der Waals surface area contributed by atoms with Gasteiger partial charge in [0, 0.05) is 36.7 Å². The number of nitrogens with zero attached hydrogens (tertiary/aromatic N) is 2. The van der Waals surface area contributed by atoms with Gasteiger partial charge in [-0.05, 0) is 25.1 Å². The molecule has 2 aliphatic rings. The standard InChI is InChI=1S/C18H19FN4O2/c1-11-6-13(7-14(9-20)22-11)18(24)23-16-3-2-12(8-15(16)19)17-10-21-4-5-25-17/h2-3,6-7,12,17,21H,4-5,8,10H2,1H3,(H,23,24)/t12?,17-/m1/s1. The lowest BCUT2D eigenvalue weighted by Gasteiger charge is -2.30. The number of ether oxygens (including phenoxy) is 1. The molecule has 25 heavy (non-hydrogen) atoms. The third-order valence-corrected chi connectivity index (χ3v) is 4.23. The van der Waals surface area contributed by atoms with Gasteiger partial charge < -0.3 is 15.4 Å². The van der Waals surface area contributed by atoms with E-state index >= 15 is 0 Å². The van der Waals surface area contributed by atoms with Crippen molar-refractivity contribution in [3.63, 3.8) is 0 Å². The second kappa shape index (κ2) is 7.55. The maximum atomic E-state index is 14.4. The van der Waals surface area contributed by atoms with Crippen molar-refractivity contribution in [2.75, 3.05) is 19.7 Å². The van der Waals surface area contributed by atoms with Crippen LogP contribution in [-0.2, 0) is 4.74 Å². The molecule has 1 unspecified atom stereocenters. The van der Waals surface area contributed by atoms with E-state index in [1.807, 2.05) is 12.1 Å². The third kappa shape index (κ3) is 4.10. The van der Waals surface area contributed by atoms with Gasteiger partial charge in [-0.15, -0.1) is 0 Å². The molecule has 1 amide bonds. The second-order valence-corrected chi connectivity index (χ2v) is 6.11. The largest absolute Gasteiger partial charge is 0.375 e. The zero-order valence-electron chi connectivity index (χ0n) is 13.9. The predicted molar refractivity (Wildman–Crippen MR) is 89.1 cm³/mol. The molecule has 0 radical (unpaired) electrons. The van der Waals surface area contributed by atoms with E-state index in [0.29, 0.717) is 18.8 Å². The minimum Gasteiger partial charge on any atom is -0.375 e. The number of carbonyl (C=O) groups excluding carboxylic acids is 1. The number of nitrogens with one attached hydrogen (secondary N) is 2. The SMILES string of the molecule is Cc1cc(C(=O)NC2=C(F)CC([C@H]3CNCCO3)C=C2)cc(C#N)n1. The number of nitriles is 1. The van der Waals surface area contributed by atoms with E-state index in [4.69, 9.17) is 10.00 Å². The number of pyridine rings is 1. The Hall–Kier alpha value is -2.56. The molecular weight excluding hydrogens is 323 g/mol. The highest BCUT2D eigenvalue weighted by Gasteiger charge is 2.27. The van der Waals surface area contributed by atoms with Crippen LogP contribution in [0, 0.1) is 24.2 Å². The monoisotopic (exact) mass is 342 g/mol. The van der Waals surface area contributed by atoms with Crippen molar-refractivity contribution in [3.8, 4) is 6.07 Å². The van der Waals surface area contributed by atoms with Crippen molar-refractivity contribution < 1.29 is 13.9 Å². The van der Waals surface area contributed by atoms with Crippen molar-refractivity contribution in [2.45, 2.75) is 19.4 Å². The van der Waals surface area contributed by atoms with E-state index in [2.05, 4.69) is 15.6 Å². The quantitative estimate of drug-likeness (QED) is 0.874. The average Bonchev–Trinajstić information content (AvgIpc) is 2.63. The number of carbonyl (C=O) groups is 1. The molecule has 130 valence electrons. The van der Waals surface area contributed by atoms with Crippen LogP contribution in [0.4, 0.5) is 4.39 Å². The molecule has 1 saturated heterocycles. The summed E-state index contributed by atoms with van der Waals surface area (Å²) in [6, 6.07) is 4.85. The molecule has 3 rings (SSSR count). The summed E-state index contributed by atoms with van der Waals surface area (Å²) < 4.78 is 20.1. The fourth-order valence-electron chi connectivity index (χ4n) is 2.97. The molecule has 2 atom stereocenters. The third-order valence-electron chi connectivity index (χ3n) is 4.23. The molecule has 1 aliphatic carbocycles. The van der Waals surface area contributed by atoms with Crippen LogP contribution < -0.4 is 10.6 Å². The Labute approximate surface area is 145 Å². The molecule has 1 aromatic rings. The Kier molecular flexibility index (Phi) is 5.22. The Morgan fingerprint density at radius 3 is 3.04 bits per heavy atom. The lowest BCUT2D eigenvalue weighted by Crippen LogP contribution is -2.42. The van der Waals surface area contributed by atoms with Crippen LogP contribution in [0.1, 0.15) is 28.2 Å². The van der Waals surface area contributed by atoms with Gasteiger partial charge in [-0.25, -0.2) is 9.37 Å². The highest BCUT2D eigenvalue weighted by Crippen LogP contribution is 2.28. The number of allylic oxidation sites excluding steroid dienone is 2. The van der Waals surface area contributed by atoms with Gasteiger partial charge >= 0.3 is 0 Å². The van der Waals surface area contributed by atoms with Crippen molar-refractivity contribution in [3.05, 3.63) is 52.8 Å². The molecule has 7 heteroatoms. The summed E-state index contributed by atoms with van der Waals surface area (Å²) in [5.74, 6) is -0.894. The van der Waals surface area contributed by atoms with E-state index in [-0.39, 0.29) is 41.2 Å². The fourth-order valence-corrected chi connectivity index (χ4v) is 2.97. The molecule has 1 aliphatic heterocycles. The van der Waals surface area contributed by atoms with E-state index in [1.165, 1.54) is 6.07 Å². The molecule has 1 fully saturated rings. The number of amides is 1. The first kappa shape index (κ1) is 17.3. The summed E-state index contributed by atoms with van der Waals surface area (Å²) in [5.41, 5.74) is 1.14. The van der Waals surface area contributed by atoms with Gasteiger partial charge in [0.25, 0.3) is 5.91 Å². The van der Waals surface area contributed by atoms with Crippen LogP contribution in [0.15, 0.2) is 35.8 Å². The van der Waals surface area contributed by atoms with Gasteiger partial charge in [-0.1, -0.05) is 6.08 Å². The summed E-state index contributed by atoms with van der Waals surface area (Å²) in [6.45, 7) is 3.81. The van der Waals surface area contributed by atoms with Gasteiger partial charge in [0.1, 0.15) is 17.6 Å². The zero-order chi connectivity index (χ0) is 17.8. The van der Waals surface area contributed by atoms with Gasteiger partial charge in [0.15, 0.2) is 0 Å². The molecule has 0 bridgehead atoms. The number of aryl methyl sites for hydroxylation is 1. The van der Waals surface area contributed by atoms with Crippen LogP contribution in [0.5, 0.6) is 0 Å². The van der Waals surface area contributed by atoms with Crippen LogP contribution in [0.25, 0.3) is 0 Å². The minimum atomic E-state index is -0.467. The number of aromatic nitrogens is 1. The minimum absolute atomic E-state index is 0.0539. The normalized spacial score (nSPS) is 23.2. The average molecular weight is 342 g/mol. The molecular formula is C18H19FN4O2. The summed E-state index contributed by atoms with van der Waals surface area (Å²) in [6.07, 6.45) is 3.58. The van der Waals surface area contributed by atoms with Crippen LogP contribution in [0.2, 0.25) is 0 Å². The van der Waals surface area contributed by atoms with E-state index < -0.39 is 5.91 Å². The lowest BCUT2D eigenvalue weighted by atomic mass is 9.92. The highest BCUT2D eigenvalue weighted by atomic mass is 19.1. The van der Waals surface area contributed by atoms with Crippen molar-refractivity contribution in [2.24, 2.45) is 5.92 Å². The second-order valence-electron chi connectivity index (χ2n) is 6.11. The zero-order valence-corrected chi connectivity index (χ0v) is 13.9. The topological polar surface area (TPSA) is 87.0 Å².